The molecule has 7 nitrogen and oxygen atoms in total. The highest BCUT2D eigenvalue weighted by Gasteiger charge is 2.44. The van der Waals surface area contributed by atoms with E-state index in [1.807, 2.05) is 36.4 Å². The molecule has 2 heterocycles. The maximum Gasteiger partial charge on any atom is 0.290 e. The Balaban J connectivity index is 1.84. The molecule has 1 amide bonds. The van der Waals surface area contributed by atoms with E-state index in [0.29, 0.717) is 0 Å². The van der Waals surface area contributed by atoms with Crippen molar-refractivity contribution in [2.24, 2.45) is 0 Å². The first-order valence-corrected chi connectivity index (χ1v) is 10.1. The van der Waals surface area contributed by atoms with Crippen LogP contribution in [0.5, 0.6) is 5.75 Å². The van der Waals surface area contributed by atoms with E-state index in [2.05, 4.69) is 17.2 Å². The summed E-state index contributed by atoms with van der Waals surface area (Å²) in [5.74, 6) is -3.20. The van der Waals surface area contributed by atoms with E-state index < -0.39 is 29.2 Å². The van der Waals surface area contributed by atoms with Crippen LogP contribution in [0.15, 0.2) is 53.3 Å². The Morgan fingerprint density at radius 1 is 0.968 bits per heavy atom. The van der Waals surface area contributed by atoms with Crippen molar-refractivity contribution >= 4 is 5.91 Å². The van der Waals surface area contributed by atoms with E-state index in [9.17, 15) is 19.1 Å². The van der Waals surface area contributed by atoms with Gasteiger partial charge in [-0.25, -0.2) is 4.68 Å². The zero-order valence-electron chi connectivity index (χ0n) is 17.1. The van der Waals surface area contributed by atoms with Gasteiger partial charge in [0.05, 0.1) is 0 Å². The molecule has 2 aliphatic rings. The summed E-state index contributed by atoms with van der Waals surface area (Å²) >= 11 is 0. The van der Waals surface area contributed by atoms with Crippen molar-refractivity contribution in [1.29, 1.82) is 0 Å². The maximum absolute atomic E-state index is 14.4. The van der Waals surface area contributed by atoms with Crippen LogP contribution in [0.4, 0.5) is 4.39 Å². The third kappa shape index (κ3) is 2.79. The van der Waals surface area contributed by atoms with Gasteiger partial charge in [-0.15, -0.1) is 5.10 Å². The van der Waals surface area contributed by atoms with Gasteiger partial charge in [0.1, 0.15) is 6.17 Å². The fourth-order valence-corrected chi connectivity index (χ4v) is 4.77. The Labute approximate surface area is 177 Å². The molecule has 2 aromatic carbocycles. The molecule has 5 rings (SSSR count). The summed E-state index contributed by atoms with van der Waals surface area (Å²) in [6.45, 7) is 0. The first-order valence-electron chi connectivity index (χ1n) is 10.1. The van der Waals surface area contributed by atoms with Crippen LogP contribution >= 0.6 is 0 Å². The number of hydrogen-bond donors (Lipinski definition) is 1. The summed E-state index contributed by atoms with van der Waals surface area (Å²) in [7, 11) is 3.27. The van der Waals surface area contributed by atoms with E-state index in [1.165, 1.54) is 5.01 Å². The van der Waals surface area contributed by atoms with Crippen molar-refractivity contribution in [3.63, 3.8) is 0 Å². The van der Waals surface area contributed by atoms with Crippen molar-refractivity contribution in [3.8, 4) is 5.75 Å². The lowest BCUT2D eigenvalue weighted by molar-refractivity contribution is -0.0547. The predicted octanol–water partition coefficient (Wildman–Crippen LogP) is 2.45. The average molecular weight is 420 g/mol. The van der Waals surface area contributed by atoms with Crippen molar-refractivity contribution < 1.29 is 14.3 Å². The van der Waals surface area contributed by atoms with Gasteiger partial charge >= 0.3 is 0 Å². The molecule has 0 radical (unpaired) electrons. The minimum absolute atomic E-state index is 0.309. The zero-order chi connectivity index (χ0) is 21.9. The number of hydrazine groups is 1. The van der Waals surface area contributed by atoms with Gasteiger partial charge in [0.2, 0.25) is 0 Å². The molecule has 0 saturated carbocycles. The molecule has 1 aromatic heterocycles. The first-order chi connectivity index (χ1) is 14.9. The van der Waals surface area contributed by atoms with Gasteiger partial charge in [-0.05, 0) is 35.1 Å². The number of likely N-dealkylation sites (N-methyl/N-ethyl adjacent to an activating group) is 1. The van der Waals surface area contributed by atoms with Crippen LogP contribution in [-0.2, 0) is 12.8 Å². The molecule has 158 valence electrons. The summed E-state index contributed by atoms with van der Waals surface area (Å²) in [6.07, 6.45) is 1.01. The molecule has 0 unspecified atom stereocenters. The number of carbonyl (C=O) groups is 1. The van der Waals surface area contributed by atoms with Gasteiger partial charge in [0, 0.05) is 20.0 Å². The van der Waals surface area contributed by atoms with Crippen molar-refractivity contribution in [1.82, 2.24) is 19.8 Å². The van der Waals surface area contributed by atoms with Crippen LogP contribution in [0.2, 0.25) is 0 Å². The molecule has 1 aliphatic carbocycles. The molecule has 0 saturated heterocycles. The minimum Gasteiger partial charge on any atom is -0.502 e. The molecule has 31 heavy (non-hydrogen) atoms. The van der Waals surface area contributed by atoms with Gasteiger partial charge in [-0.2, -0.15) is 9.40 Å². The summed E-state index contributed by atoms with van der Waals surface area (Å²) < 4.78 is 15.5. The number of hydrogen-bond acceptors (Lipinski definition) is 5. The summed E-state index contributed by atoms with van der Waals surface area (Å²) in [6, 6.07) is 16.1. The lowest BCUT2D eigenvalue weighted by atomic mass is 9.85. The third-order valence-electron chi connectivity index (χ3n) is 6.40. The Bertz CT molecular complexity index is 1220. The van der Waals surface area contributed by atoms with E-state index in [0.717, 1.165) is 39.8 Å². The highest BCUT2D eigenvalue weighted by atomic mass is 19.1. The topological polar surface area (TPSA) is 78.7 Å². The number of carbonyl (C=O) groups excluding carboxylic acids is 1. The van der Waals surface area contributed by atoms with Crippen LogP contribution in [0.1, 0.15) is 44.8 Å². The number of fused-ring (bicyclic) bond motifs is 3. The van der Waals surface area contributed by atoms with Crippen molar-refractivity contribution in [3.05, 3.63) is 92.6 Å². The zero-order valence-corrected chi connectivity index (χ0v) is 17.1. The number of benzene rings is 2. The van der Waals surface area contributed by atoms with Crippen LogP contribution in [-0.4, -0.2) is 44.9 Å². The highest BCUT2D eigenvalue weighted by molar-refractivity contribution is 5.95. The van der Waals surface area contributed by atoms with Crippen molar-refractivity contribution in [2.45, 2.75) is 24.9 Å². The van der Waals surface area contributed by atoms with Crippen molar-refractivity contribution in [2.75, 3.05) is 14.1 Å². The second kappa shape index (κ2) is 7.02. The Morgan fingerprint density at radius 3 is 2.10 bits per heavy atom. The van der Waals surface area contributed by atoms with E-state index in [1.54, 1.807) is 19.1 Å². The second-order valence-corrected chi connectivity index (χ2v) is 7.95. The van der Waals surface area contributed by atoms with Gasteiger partial charge in [0.15, 0.2) is 11.4 Å². The van der Waals surface area contributed by atoms with Gasteiger partial charge in [-0.1, -0.05) is 48.5 Å². The average Bonchev–Trinajstić information content (AvgIpc) is 2.94. The van der Waals surface area contributed by atoms with Crippen LogP contribution in [0, 0.1) is 5.95 Å². The third-order valence-corrected chi connectivity index (χ3v) is 6.40. The lowest BCUT2D eigenvalue weighted by Crippen LogP contribution is -2.54. The smallest absolute Gasteiger partial charge is 0.290 e. The van der Waals surface area contributed by atoms with E-state index in [4.69, 9.17) is 0 Å². The fourth-order valence-electron chi connectivity index (χ4n) is 4.77. The molecule has 1 atom stereocenters. The molecule has 8 heteroatoms. The van der Waals surface area contributed by atoms with Gasteiger partial charge in [0.25, 0.3) is 17.3 Å². The van der Waals surface area contributed by atoms with E-state index in [-0.39, 0.29) is 11.6 Å². The molecule has 1 aliphatic heterocycles. The number of aryl methyl sites for hydroxylation is 2. The molecule has 0 fully saturated rings. The Hall–Kier alpha value is -3.52. The molecule has 0 bridgehead atoms. The van der Waals surface area contributed by atoms with Crippen LogP contribution < -0.4 is 5.43 Å². The summed E-state index contributed by atoms with van der Waals surface area (Å²) in [5.41, 5.74) is 2.80. The van der Waals surface area contributed by atoms with E-state index >= 15 is 0 Å². The largest absolute Gasteiger partial charge is 0.502 e. The second-order valence-electron chi connectivity index (χ2n) is 7.95. The molecule has 0 spiro atoms. The number of nitrogens with zero attached hydrogens (tertiary/aromatic N) is 4. The summed E-state index contributed by atoms with van der Waals surface area (Å²) in [5, 5.41) is 17.2. The highest BCUT2D eigenvalue weighted by Crippen LogP contribution is 2.44. The minimum atomic E-state index is -1.34. The number of rotatable bonds is 1. The molecule has 1 N–H and O–H groups in total. The molecular formula is C23H21FN4O3. The number of aromatic nitrogens is 2. The van der Waals surface area contributed by atoms with Gasteiger partial charge in [-0.3, -0.25) is 14.6 Å². The normalized spacial score (nSPS) is 18.9. The van der Waals surface area contributed by atoms with Crippen LogP contribution in [0.3, 0.4) is 0 Å². The number of amides is 1. The lowest BCUT2D eigenvalue weighted by Gasteiger charge is -2.44. The van der Waals surface area contributed by atoms with Crippen LogP contribution in [0.25, 0.3) is 0 Å². The SMILES string of the molecule is CN1C(=O)c2c(O)c(=O)c(F)nn2[C@@H](C2c3ccccc3CCc3ccccc32)N1C. The quantitative estimate of drug-likeness (QED) is 0.654. The first kappa shape index (κ1) is 19.4. The van der Waals surface area contributed by atoms with Gasteiger partial charge < -0.3 is 5.11 Å². The summed E-state index contributed by atoms with van der Waals surface area (Å²) in [4.78, 5) is 24.9. The standard InChI is InChI=1S/C23H21FN4O3/c1-26-22(28-18(23(31)27(26)2)19(29)20(30)21(24)25-28)17-15-9-5-3-7-13(15)11-12-14-8-4-6-10-16(14)17/h3-10,17,22,29H,11-12H2,1-2H3/t22-/m0/s1. The monoisotopic (exact) mass is 420 g/mol. The fraction of sp³-hybridized carbons (Fsp3) is 0.261. The molecular weight excluding hydrogens is 399 g/mol. The predicted molar refractivity (Wildman–Crippen MR) is 111 cm³/mol. The molecule has 3 aromatic rings. The Morgan fingerprint density at radius 2 is 1.52 bits per heavy atom. The maximum atomic E-state index is 14.4. The number of halogens is 1. The number of aromatic hydroxyl groups is 1. The Kier molecular flexibility index (Phi) is 4.40.